The van der Waals surface area contributed by atoms with Crippen LogP contribution in [0.5, 0.6) is 0 Å². The molecule has 140 valence electrons. The van der Waals surface area contributed by atoms with Crippen molar-refractivity contribution >= 4 is 33.8 Å². The van der Waals surface area contributed by atoms with E-state index < -0.39 is 0 Å². The molecule has 0 aliphatic carbocycles. The summed E-state index contributed by atoms with van der Waals surface area (Å²) in [6.45, 7) is 1.67. The van der Waals surface area contributed by atoms with Crippen LogP contribution in [0, 0.1) is 5.92 Å². The average Bonchev–Trinajstić information content (AvgIpc) is 3.23. The van der Waals surface area contributed by atoms with Crippen LogP contribution >= 0.6 is 11.3 Å². The number of hydrogen-bond donors (Lipinski definition) is 1. The maximum Gasteiger partial charge on any atom is 0.228 e. The molecule has 0 saturated carbocycles. The van der Waals surface area contributed by atoms with Crippen molar-refractivity contribution in [1.82, 2.24) is 14.9 Å². The lowest BCUT2D eigenvalue weighted by molar-refractivity contribution is -0.121. The number of rotatable bonds is 5. The number of benzene rings is 1. The van der Waals surface area contributed by atoms with Gasteiger partial charge in [0, 0.05) is 30.2 Å². The van der Waals surface area contributed by atoms with E-state index in [1.165, 1.54) is 0 Å². The molecule has 0 unspecified atom stereocenters. The topological polar surface area (TPSA) is 58.1 Å². The zero-order valence-electron chi connectivity index (χ0n) is 14.9. The Labute approximate surface area is 161 Å². The maximum absolute atomic E-state index is 12.6. The fraction of sp³-hybridized carbons (Fsp3) is 0.350. The van der Waals surface area contributed by atoms with Gasteiger partial charge in [0.25, 0.3) is 0 Å². The maximum atomic E-state index is 12.6. The molecule has 0 atom stereocenters. The largest absolute Gasteiger partial charge is 0.310 e. The number of nitrogens with one attached hydrogen (secondary N) is 1. The van der Waals surface area contributed by atoms with Crippen molar-refractivity contribution in [2.75, 3.05) is 31.6 Å². The Morgan fingerprint density at radius 2 is 2.07 bits per heavy atom. The Hall–Kier alpha value is -2.38. The molecule has 1 saturated heterocycles. The van der Waals surface area contributed by atoms with Crippen LogP contribution in [0.4, 0.5) is 10.2 Å². The summed E-state index contributed by atoms with van der Waals surface area (Å²) in [6.07, 6.45) is 5.15. The van der Waals surface area contributed by atoms with Crippen molar-refractivity contribution in [3.05, 3.63) is 42.2 Å². The quantitative estimate of drug-likeness (QED) is 0.723. The monoisotopic (exact) mass is 384 g/mol. The highest BCUT2D eigenvalue weighted by Crippen LogP contribution is 2.28. The van der Waals surface area contributed by atoms with Gasteiger partial charge in [-0.05, 0) is 49.0 Å². The van der Waals surface area contributed by atoms with Gasteiger partial charge in [-0.3, -0.25) is 9.78 Å². The molecule has 27 heavy (non-hydrogen) atoms. The zero-order chi connectivity index (χ0) is 18.6. The van der Waals surface area contributed by atoms with E-state index in [0.29, 0.717) is 12.4 Å². The van der Waals surface area contributed by atoms with E-state index in [-0.39, 0.29) is 18.5 Å². The summed E-state index contributed by atoms with van der Waals surface area (Å²) in [5, 5.41) is 5.01. The highest BCUT2D eigenvalue weighted by atomic mass is 32.1. The summed E-state index contributed by atoms with van der Waals surface area (Å²) in [6, 6.07) is 8.09. The van der Waals surface area contributed by atoms with Crippen LogP contribution < -0.4 is 5.32 Å². The minimum absolute atomic E-state index is 0.000333. The third-order valence-corrected chi connectivity index (χ3v) is 5.87. The highest BCUT2D eigenvalue weighted by Gasteiger charge is 2.25. The van der Waals surface area contributed by atoms with Gasteiger partial charge in [0.1, 0.15) is 12.5 Å². The summed E-state index contributed by atoms with van der Waals surface area (Å²) >= 11 is 1.60. The number of thiazole rings is 1. The van der Waals surface area contributed by atoms with Gasteiger partial charge >= 0.3 is 0 Å². The normalized spacial score (nSPS) is 15.9. The van der Waals surface area contributed by atoms with E-state index in [1.54, 1.807) is 17.5 Å². The number of aromatic nitrogens is 2. The van der Waals surface area contributed by atoms with Crippen LogP contribution in [0.15, 0.2) is 42.2 Å². The van der Waals surface area contributed by atoms with E-state index in [9.17, 15) is 9.18 Å². The summed E-state index contributed by atoms with van der Waals surface area (Å²) < 4.78 is 12.4. The van der Waals surface area contributed by atoms with E-state index in [4.69, 9.17) is 0 Å². The summed E-state index contributed by atoms with van der Waals surface area (Å²) in [5.41, 5.74) is 2.92. The molecule has 0 radical (unpaired) electrons. The number of anilines is 1. The Balaban J connectivity index is 1.46. The molecular formula is C20H21FN4OS. The SMILES string of the molecule is O=C(Nc1cc2cc(-c3cncs3)ccc2cn1)C1CCN(CCF)CC1. The summed E-state index contributed by atoms with van der Waals surface area (Å²) in [5.74, 6) is 0.530. The van der Waals surface area contributed by atoms with Crippen molar-refractivity contribution in [2.45, 2.75) is 12.8 Å². The van der Waals surface area contributed by atoms with Gasteiger partial charge < -0.3 is 10.2 Å². The number of carbonyl (C=O) groups excluding carboxylic acids is 1. The third kappa shape index (κ3) is 4.14. The Bertz CT molecular complexity index is 923. The number of amides is 1. The van der Waals surface area contributed by atoms with Crippen molar-refractivity contribution in [3.8, 4) is 10.4 Å². The predicted molar refractivity (Wildman–Crippen MR) is 107 cm³/mol. The van der Waals surface area contributed by atoms with Crippen LogP contribution in [-0.4, -0.2) is 47.1 Å². The molecular weight excluding hydrogens is 363 g/mol. The molecule has 1 aliphatic heterocycles. The van der Waals surface area contributed by atoms with Crippen molar-refractivity contribution in [1.29, 1.82) is 0 Å². The number of alkyl halides is 1. The minimum Gasteiger partial charge on any atom is -0.310 e. The average molecular weight is 384 g/mol. The zero-order valence-corrected chi connectivity index (χ0v) is 15.7. The van der Waals surface area contributed by atoms with Crippen LogP contribution in [0.3, 0.4) is 0 Å². The van der Waals surface area contributed by atoms with Crippen LogP contribution in [0.1, 0.15) is 12.8 Å². The Morgan fingerprint density at radius 1 is 1.22 bits per heavy atom. The second-order valence-corrected chi connectivity index (χ2v) is 7.68. The molecule has 2 aromatic heterocycles. The van der Waals surface area contributed by atoms with Gasteiger partial charge in [-0.2, -0.15) is 0 Å². The van der Waals surface area contributed by atoms with Gasteiger partial charge in [0.05, 0.1) is 10.4 Å². The van der Waals surface area contributed by atoms with E-state index in [0.717, 1.165) is 47.1 Å². The van der Waals surface area contributed by atoms with Gasteiger partial charge in [-0.25, -0.2) is 9.37 Å². The summed E-state index contributed by atoms with van der Waals surface area (Å²) in [7, 11) is 0. The lowest BCUT2D eigenvalue weighted by Gasteiger charge is -2.30. The molecule has 1 aliphatic rings. The Morgan fingerprint density at radius 3 is 2.81 bits per heavy atom. The van der Waals surface area contributed by atoms with Gasteiger partial charge in [-0.15, -0.1) is 11.3 Å². The number of fused-ring (bicyclic) bond motifs is 1. The first-order valence-corrected chi connectivity index (χ1v) is 9.99. The van der Waals surface area contributed by atoms with Crippen LogP contribution in [0.2, 0.25) is 0 Å². The molecule has 3 heterocycles. The first-order chi connectivity index (χ1) is 13.2. The van der Waals surface area contributed by atoms with Gasteiger partial charge in [0.15, 0.2) is 0 Å². The molecule has 0 bridgehead atoms. The fourth-order valence-electron chi connectivity index (χ4n) is 3.49. The Kier molecular flexibility index (Phi) is 5.40. The van der Waals surface area contributed by atoms with E-state index in [1.807, 2.05) is 23.8 Å². The number of nitrogens with zero attached hydrogens (tertiary/aromatic N) is 3. The molecule has 0 spiro atoms. The molecule has 3 aromatic rings. The number of piperidine rings is 1. The number of carbonyl (C=O) groups is 1. The first-order valence-electron chi connectivity index (χ1n) is 9.11. The van der Waals surface area contributed by atoms with E-state index in [2.05, 4.69) is 32.3 Å². The highest BCUT2D eigenvalue weighted by molar-refractivity contribution is 7.13. The number of hydrogen-bond acceptors (Lipinski definition) is 5. The number of halogens is 1. The second-order valence-electron chi connectivity index (χ2n) is 6.79. The smallest absolute Gasteiger partial charge is 0.228 e. The van der Waals surface area contributed by atoms with E-state index >= 15 is 0 Å². The van der Waals surface area contributed by atoms with Gasteiger partial charge in [0.2, 0.25) is 5.91 Å². The molecule has 1 amide bonds. The van der Waals surface area contributed by atoms with Crippen molar-refractivity contribution < 1.29 is 9.18 Å². The molecule has 7 heteroatoms. The molecule has 5 nitrogen and oxygen atoms in total. The predicted octanol–water partition coefficient (Wildman–Crippen LogP) is 3.98. The van der Waals surface area contributed by atoms with Crippen molar-refractivity contribution in [2.24, 2.45) is 5.92 Å². The fourth-order valence-corrected chi connectivity index (χ4v) is 4.11. The van der Waals surface area contributed by atoms with Crippen LogP contribution in [0.25, 0.3) is 21.2 Å². The number of likely N-dealkylation sites (tertiary alicyclic amines) is 1. The molecule has 1 fully saturated rings. The lowest BCUT2D eigenvalue weighted by atomic mass is 9.96. The lowest BCUT2D eigenvalue weighted by Crippen LogP contribution is -2.39. The van der Waals surface area contributed by atoms with Crippen molar-refractivity contribution in [3.63, 3.8) is 0 Å². The minimum atomic E-state index is -0.332. The van der Waals surface area contributed by atoms with Crippen LogP contribution in [-0.2, 0) is 4.79 Å². The molecule has 1 N–H and O–H groups in total. The summed E-state index contributed by atoms with van der Waals surface area (Å²) in [4.78, 5) is 24.3. The number of pyridine rings is 1. The molecule has 1 aromatic carbocycles. The standard InChI is InChI=1S/C20H21FN4OS/c21-5-8-25-6-3-14(4-7-25)20(26)24-19-10-17-9-15(18-12-22-13-27-18)1-2-16(17)11-23-19/h1-2,9-14H,3-8H2,(H,23,24,26). The first kappa shape index (κ1) is 18.0. The second kappa shape index (κ2) is 8.10. The van der Waals surface area contributed by atoms with Gasteiger partial charge in [-0.1, -0.05) is 12.1 Å². The third-order valence-electron chi connectivity index (χ3n) is 5.05. The molecule has 4 rings (SSSR count).